The van der Waals surface area contributed by atoms with Crippen molar-refractivity contribution < 1.29 is 19.4 Å². The Kier molecular flexibility index (Phi) is 6.17. The largest absolute Gasteiger partial charge is 0.497 e. The summed E-state index contributed by atoms with van der Waals surface area (Å²) in [5, 5.41) is 9.22. The molecule has 1 heterocycles. The van der Waals surface area contributed by atoms with Crippen molar-refractivity contribution in [2.45, 2.75) is 44.9 Å². The lowest BCUT2D eigenvalue weighted by molar-refractivity contribution is -0.145. The molecule has 0 radical (unpaired) electrons. The number of carbonyl (C=O) groups excluding carboxylic acids is 1. The first-order valence-corrected chi connectivity index (χ1v) is 9.71. The number of ether oxygens (including phenoxy) is 1. The second-order valence-electron chi connectivity index (χ2n) is 7.72. The average molecular weight is 359 g/mol. The Bertz CT molecular complexity index is 619. The molecule has 2 aliphatic rings. The fraction of sp³-hybridized carbons (Fsp3) is 0.619. The van der Waals surface area contributed by atoms with Crippen molar-refractivity contribution in [1.29, 1.82) is 0 Å². The number of hydrogen-bond donors (Lipinski definition) is 1. The molecule has 142 valence electrons. The van der Waals surface area contributed by atoms with Gasteiger partial charge in [0.2, 0.25) is 5.91 Å². The van der Waals surface area contributed by atoms with E-state index in [2.05, 4.69) is 12.1 Å². The fourth-order valence-electron chi connectivity index (χ4n) is 4.35. The second kappa shape index (κ2) is 8.56. The summed E-state index contributed by atoms with van der Waals surface area (Å²) in [6.45, 7) is 1.60. The predicted molar refractivity (Wildman–Crippen MR) is 99.1 cm³/mol. The molecule has 5 nitrogen and oxygen atoms in total. The Balaban J connectivity index is 1.48. The lowest BCUT2D eigenvalue weighted by Gasteiger charge is -2.36. The average Bonchev–Trinajstić information content (AvgIpc) is 2.68. The number of piperidine rings is 1. The Hall–Kier alpha value is -2.04. The van der Waals surface area contributed by atoms with Gasteiger partial charge < -0.3 is 14.7 Å². The van der Waals surface area contributed by atoms with Crippen LogP contribution in [0.1, 0.15) is 44.1 Å². The van der Waals surface area contributed by atoms with Gasteiger partial charge in [-0.1, -0.05) is 18.6 Å². The van der Waals surface area contributed by atoms with Crippen molar-refractivity contribution in [3.05, 3.63) is 29.8 Å². The minimum Gasteiger partial charge on any atom is -0.497 e. The van der Waals surface area contributed by atoms with Gasteiger partial charge in [0.1, 0.15) is 5.75 Å². The number of carboxylic acid groups (broad SMARTS) is 1. The third-order valence-corrected chi connectivity index (χ3v) is 5.98. The maximum Gasteiger partial charge on any atom is 0.306 e. The van der Waals surface area contributed by atoms with Crippen molar-refractivity contribution in [3.63, 3.8) is 0 Å². The number of carbonyl (C=O) groups is 2. The molecule has 1 aromatic carbocycles. The maximum atomic E-state index is 12.8. The summed E-state index contributed by atoms with van der Waals surface area (Å²) in [6, 6.07) is 8.22. The molecule has 26 heavy (non-hydrogen) atoms. The number of likely N-dealkylation sites (tertiary alicyclic amines) is 1. The van der Waals surface area contributed by atoms with Gasteiger partial charge in [-0.3, -0.25) is 9.59 Å². The van der Waals surface area contributed by atoms with Gasteiger partial charge in [-0.2, -0.15) is 0 Å². The first-order valence-electron chi connectivity index (χ1n) is 9.71. The number of benzene rings is 1. The third-order valence-electron chi connectivity index (χ3n) is 5.98. The minimum atomic E-state index is -0.749. The number of amides is 1. The summed E-state index contributed by atoms with van der Waals surface area (Å²) in [7, 11) is 1.67. The zero-order valence-electron chi connectivity index (χ0n) is 15.5. The van der Waals surface area contributed by atoms with Gasteiger partial charge in [-0.25, -0.2) is 0 Å². The molecule has 5 heteroatoms. The quantitative estimate of drug-likeness (QED) is 0.875. The van der Waals surface area contributed by atoms with Crippen molar-refractivity contribution in [1.82, 2.24) is 4.90 Å². The van der Waals surface area contributed by atoms with Crippen LogP contribution in [-0.2, 0) is 16.0 Å². The van der Waals surface area contributed by atoms with E-state index in [9.17, 15) is 14.7 Å². The summed E-state index contributed by atoms with van der Waals surface area (Å²) in [5.41, 5.74) is 1.31. The van der Waals surface area contributed by atoms with Crippen LogP contribution in [0.25, 0.3) is 0 Å². The number of methoxy groups -OCH3 is 1. The zero-order valence-corrected chi connectivity index (χ0v) is 15.5. The first kappa shape index (κ1) is 18.7. The summed E-state index contributed by atoms with van der Waals surface area (Å²) in [5.74, 6) is 0.472. The van der Waals surface area contributed by atoms with E-state index < -0.39 is 5.97 Å². The molecule has 0 aromatic heterocycles. The number of carboxylic acids is 1. The van der Waals surface area contributed by atoms with Crippen LogP contribution in [0.5, 0.6) is 5.75 Å². The van der Waals surface area contributed by atoms with Gasteiger partial charge in [-0.15, -0.1) is 0 Å². The fourth-order valence-corrected chi connectivity index (χ4v) is 4.35. The third kappa shape index (κ3) is 4.57. The Morgan fingerprint density at radius 3 is 2.35 bits per heavy atom. The van der Waals surface area contributed by atoms with Crippen LogP contribution in [-0.4, -0.2) is 42.1 Å². The van der Waals surface area contributed by atoms with Gasteiger partial charge in [0.25, 0.3) is 0 Å². The van der Waals surface area contributed by atoms with E-state index in [1.165, 1.54) is 5.56 Å². The molecule has 2 atom stereocenters. The van der Waals surface area contributed by atoms with Crippen molar-refractivity contribution in [3.8, 4) is 5.75 Å². The van der Waals surface area contributed by atoms with Gasteiger partial charge in [0, 0.05) is 19.0 Å². The second-order valence-corrected chi connectivity index (χ2v) is 7.72. The lowest BCUT2D eigenvalue weighted by Crippen LogP contribution is -2.43. The van der Waals surface area contributed by atoms with Crippen LogP contribution in [0.2, 0.25) is 0 Å². The number of rotatable bonds is 5. The van der Waals surface area contributed by atoms with E-state index in [1.54, 1.807) is 7.11 Å². The molecule has 2 unspecified atom stereocenters. The van der Waals surface area contributed by atoms with Crippen LogP contribution >= 0.6 is 0 Å². The predicted octanol–water partition coefficient (Wildman–Crippen LogP) is 3.37. The van der Waals surface area contributed by atoms with E-state index in [0.29, 0.717) is 18.8 Å². The Morgan fingerprint density at radius 2 is 1.73 bits per heavy atom. The maximum absolute atomic E-state index is 12.8. The zero-order chi connectivity index (χ0) is 18.5. The summed E-state index contributed by atoms with van der Waals surface area (Å²) < 4.78 is 5.20. The lowest BCUT2D eigenvalue weighted by atomic mass is 9.80. The van der Waals surface area contributed by atoms with Gasteiger partial charge >= 0.3 is 5.97 Å². The molecular weight excluding hydrogens is 330 g/mol. The van der Waals surface area contributed by atoms with Gasteiger partial charge in [0.05, 0.1) is 13.0 Å². The molecule has 0 spiro atoms. The highest BCUT2D eigenvalue weighted by Crippen LogP contribution is 2.32. The first-order chi connectivity index (χ1) is 12.6. The standard InChI is InChI=1S/C21H29NO4/c1-26-19-7-5-15(6-8-19)13-16-9-11-22(12-10-16)20(23)17-3-2-4-18(14-17)21(24)25/h5-8,16-18H,2-4,9-14H2,1H3,(H,24,25). The van der Waals surface area contributed by atoms with Crippen LogP contribution in [0.4, 0.5) is 0 Å². The molecule has 1 aliphatic heterocycles. The van der Waals surface area contributed by atoms with E-state index in [0.717, 1.165) is 50.9 Å². The van der Waals surface area contributed by atoms with Crippen molar-refractivity contribution >= 4 is 11.9 Å². The molecular formula is C21H29NO4. The van der Waals surface area contributed by atoms with E-state index >= 15 is 0 Å². The Labute approximate surface area is 155 Å². The van der Waals surface area contributed by atoms with Crippen LogP contribution < -0.4 is 4.74 Å². The minimum absolute atomic E-state index is 0.0945. The van der Waals surface area contributed by atoms with Crippen LogP contribution in [0.3, 0.4) is 0 Å². The molecule has 1 N–H and O–H groups in total. The highest BCUT2D eigenvalue weighted by Gasteiger charge is 2.34. The summed E-state index contributed by atoms with van der Waals surface area (Å²) >= 11 is 0. The number of hydrogen-bond acceptors (Lipinski definition) is 3. The van der Waals surface area contributed by atoms with E-state index in [1.807, 2.05) is 17.0 Å². The monoisotopic (exact) mass is 359 g/mol. The molecule has 1 aromatic rings. The summed E-state index contributed by atoms with van der Waals surface area (Å²) in [6.07, 6.45) is 5.99. The highest BCUT2D eigenvalue weighted by molar-refractivity contribution is 5.80. The summed E-state index contributed by atoms with van der Waals surface area (Å²) in [4.78, 5) is 26.0. The van der Waals surface area contributed by atoms with E-state index in [4.69, 9.17) is 4.74 Å². The van der Waals surface area contributed by atoms with Crippen molar-refractivity contribution in [2.75, 3.05) is 20.2 Å². The van der Waals surface area contributed by atoms with Crippen LogP contribution in [0.15, 0.2) is 24.3 Å². The highest BCUT2D eigenvalue weighted by atomic mass is 16.5. The van der Waals surface area contributed by atoms with Gasteiger partial charge in [0.15, 0.2) is 0 Å². The molecule has 0 bridgehead atoms. The molecule has 1 saturated heterocycles. The van der Waals surface area contributed by atoms with E-state index in [-0.39, 0.29) is 17.7 Å². The van der Waals surface area contributed by atoms with Crippen molar-refractivity contribution in [2.24, 2.45) is 17.8 Å². The number of nitrogens with zero attached hydrogens (tertiary/aromatic N) is 1. The molecule has 1 aliphatic carbocycles. The smallest absolute Gasteiger partial charge is 0.306 e. The normalized spacial score (nSPS) is 24.3. The Morgan fingerprint density at radius 1 is 1.08 bits per heavy atom. The molecule has 1 saturated carbocycles. The number of aliphatic carboxylic acids is 1. The molecule has 3 rings (SSSR count). The SMILES string of the molecule is COc1ccc(CC2CCN(C(=O)C3CCCC(C(=O)O)C3)CC2)cc1. The topological polar surface area (TPSA) is 66.8 Å². The van der Waals surface area contributed by atoms with Gasteiger partial charge in [-0.05, 0) is 62.1 Å². The molecule has 2 fully saturated rings. The molecule has 1 amide bonds. The van der Waals surface area contributed by atoms with Crippen LogP contribution in [0, 0.1) is 17.8 Å².